The minimum absolute atomic E-state index is 0.0612. The number of methoxy groups -OCH3 is 1. The molecule has 5 N–H and O–H groups in total. The summed E-state index contributed by atoms with van der Waals surface area (Å²) in [6.45, 7) is 19.1. The largest absolute Gasteiger partial charge is 0.459 e. The summed E-state index contributed by atoms with van der Waals surface area (Å²) in [5.74, 6) is -1.60. The normalized spacial score (nSPS) is 47.9. The van der Waals surface area contributed by atoms with Crippen LogP contribution in [0.3, 0.4) is 0 Å². The van der Waals surface area contributed by atoms with E-state index < -0.39 is 71.0 Å². The van der Waals surface area contributed by atoms with Gasteiger partial charge in [-0.3, -0.25) is 4.79 Å². The van der Waals surface area contributed by atoms with Crippen molar-refractivity contribution in [3.63, 3.8) is 0 Å². The molecular weight excluding hydrogens is 592 g/mol. The van der Waals surface area contributed by atoms with E-state index in [2.05, 4.69) is 10.2 Å². The highest BCUT2D eigenvalue weighted by molar-refractivity contribution is 5.73. The molecular formula is C35H66N2O9. The van der Waals surface area contributed by atoms with E-state index in [4.69, 9.17) is 18.9 Å². The molecule has 0 aromatic rings. The lowest BCUT2D eigenvalue weighted by Crippen LogP contribution is -2.70. The highest BCUT2D eigenvalue weighted by Gasteiger charge is 2.58. The van der Waals surface area contributed by atoms with Crippen LogP contribution in [0.1, 0.15) is 107 Å². The Bertz CT molecular complexity index is 976. The molecule has 3 aliphatic rings. The number of piperidine rings is 1. The van der Waals surface area contributed by atoms with Crippen LogP contribution in [0.15, 0.2) is 0 Å². The number of nitrogens with zero attached hydrogens (tertiary/aromatic N) is 1. The molecule has 0 radical (unpaired) electrons. The fourth-order valence-electron chi connectivity index (χ4n) is 8.24. The maximum Gasteiger partial charge on any atom is 0.311 e. The van der Waals surface area contributed by atoms with Crippen LogP contribution in [-0.4, -0.2) is 124 Å². The fourth-order valence-corrected chi connectivity index (χ4v) is 8.24. The molecule has 13 atom stereocenters. The quantitative estimate of drug-likeness (QED) is 0.268. The van der Waals surface area contributed by atoms with Crippen LogP contribution in [0.25, 0.3) is 0 Å². The summed E-state index contributed by atoms with van der Waals surface area (Å²) in [7, 11) is 1.60. The monoisotopic (exact) mass is 658 g/mol. The van der Waals surface area contributed by atoms with E-state index in [9.17, 15) is 25.2 Å². The zero-order valence-corrected chi connectivity index (χ0v) is 30.3. The van der Waals surface area contributed by atoms with Gasteiger partial charge in [-0.15, -0.1) is 0 Å². The number of nitrogens with one attached hydrogen (secondary N) is 1. The van der Waals surface area contributed by atoms with Gasteiger partial charge < -0.3 is 49.6 Å². The maximum absolute atomic E-state index is 13.8. The molecule has 3 saturated heterocycles. The minimum Gasteiger partial charge on any atom is -0.459 e. The van der Waals surface area contributed by atoms with Crippen LogP contribution in [0, 0.1) is 17.8 Å². The second kappa shape index (κ2) is 15.8. The summed E-state index contributed by atoms with van der Waals surface area (Å²) in [4.78, 5) is 16.1. The first-order valence-corrected chi connectivity index (χ1v) is 17.7. The number of aliphatic hydroxyl groups excluding tert-OH is 1. The first-order chi connectivity index (χ1) is 21.3. The van der Waals surface area contributed by atoms with E-state index in [-0.39, 0.29) is 18.3 Å². The van der Waals surface area contributed by atoms with Crippen LogP contribution in [0.5, 0.6) is 0 Å². The lowest BCUT2D eigenvalue weighted by Gasteiger charge is -2.54. The van der Waals surface area contributed by atoms with Gasteiger partial charge in [-0.2, -0.15) is 0 Å². The standard InChI is InChI=1S/C35H66N2O9/c1-11-27-34(9,41)30(38)25(5)36-20-22(2)17-32(7,40)18-23(3)29(24(4)31(39)45-27)46-28-19-33(8,43-10)35(42,26(6)44-28)21-37-15-13-12-14-16-37/h22-30,36,38,40-42H,11-21H2,1-10H3/t22?,23?,24?,25?,26-,27?,28-,29?,30?,32?,33+,34?,35-/m0/s1. The van der Waals surface area contributed by atoms with Crippen LogP contribution in [0.4, 0.5) is 0 Å². The van der Waals surface area contributed by atoms with Crippen LogP contribution < -0.4 is 5.32 Å². The number of esters is 1. The predicted octanol–water partition coefficient (Wildman–Crippen LogP) is 2.99. The highest BCUT2D eigenvalue weighted by atomic mass is 16.7. The lowest BCUT2D eigenvalue weighted by atomic mass is 9.74. The Balaban J connectivity index is 1.92. The number of β-amino-alcohol motifs (C(OH)–C–C–N with tert-alkyl or cyclic N) is 1. The molecule has 0 spiro atoms. The van der Waals surface area contributed by atoms with Gasteiger partial charge in [0.15, 0.2) is 6.29 Å². The molecule has 9 unspecified atom stereocenters. The average Bonchev–Trinajstić information content (AvgIpc) is 2.98. The van der Waals surface area contributed by atoms with Gasteiger partial charge in [-0.1, -0.05) is 27.2 Å². The zero-order valence-electron chi connectivity index (χ0n) is 30.3. The van der Waals surface area contributed by atoms with Gasteiger partial charge in [0.05, 0.1) is 23.7 Å². The third kappa shape index (κ3) is 9.01. The van der Waals surface area contributed by atoms with Gasteiger partial charge in [0, 0.05) is 26.1 Å². The number of carbonyl (C=O) groups is 1. The molecule has 0 aromatic carbocycles. The molecule has 0 aliphatic carbocycles. The molecule has 46 heavy (non-hydrogen) atoms. The van der Waals surface area contributed by atoms with Gasteiger partial charge in [-0.25, -0.2) is 0 Å². The number of rotatable bonds is 6. The molecule has 11 heteroatoms. The first-order valence-electron chi connectivity index (χ1n) is 17.7. The summed E-state index contributed by atoms with van der Waals surface area (Å²) in [5.41, 5.74) is -5.06. The van der Waals surface area contributed by atoms with Gasteiger partial charge in [0.1, 0.15) is 29.0 Å². The molecule has 270 valence electrons. The van der Waals surface area contributed by atoms with Crippen molar-refractivity contribution in [1.29, 1.82) is 0 Å². The summed E-state index contributed by atoms with van der Waals surface area (Å²) in [6, 6.07) is -0.484. The summed E-state index contributed by atoms with van der Waals surface area (Å²) in [6.07, 6.45) is 0.430. The van der Waals surface area contributed by atoms with Crippen molar-refractivity contribution in [2.45, 2.75) is 166 Å². The summed E-state index contributed by atoms with van der Waals surface area (Å²) >= 11 is 0. The van der Waals surface area contributed by atoms with E-state index >= 15 is 0 Å². The number of hydrogen-bond acceptors (Lipinski definition) is 11. The second-order valence-corrected chi connectivity index (χ2v) is 15.7. The first kappa shape index (κ1) is 39.5. The van der Waals surface area contributed by atoms with E-state index in [0.717, 1.165) is 25.9 Å². The minimum atomic E-state index is -1.71. The van der Waals surface area contributed by atoms with E-state index in [0.29, 0.717) is 32.4 Å². The molecule has 0 saturated carbocycles. The van der Waals surface area contributed by atoms with Crippen molar-refractivity contribution in [2.75, 3.05) is 33.3 Å². The van der Waals surface area contributed by atoms with Crippen LogP contribution in [-0.2, 0) is 23.7 Å². The van der Waals surface area contributed by atoms with Crippen molar-refractivity contribution in [3.8, 4) is 0 Å². The van der Waals surface area contributed by atoms with Gasteiger partial charge in [-0.05, 0) is 105 Å². The lowest BCUT2D eigenvalue weighted by molar-refractivity contribution is -0.332. The van der Waals surface area contributed by atoms with Gasteiger partial charge >= 0.3 is 5.97 Å². The molecule has 0 aromatic heterocycles. The Morgan fingerprint density at radius 2 is 1.61 bits per heavy atom. The van der Waals surface area contributed by atoms with E-state index in [1.54, 1.807) is 34.8 Å². The molecule has 3 heterocycles. The molecule has 3 rings (SSSR count). The smallest absolute Gasteiger partial charge is 0.311 e. The highest BCUT2D eigenvalue weighted by Crippen LogP contribution is 2.43. The van der Waals surface area contributed by atoms with E-state index in [1.807, 2.05) is 27.7 Å². The predicted molar refractivity (Wildman–Crippen MR) is 176 cm³/mol. The topological polar surface area (TPSA) is 150 Å². The van der Waals surface area contributed by atoms with Crippen LogP contribution in [0.2, 0.25) is 0 Å². The van der Waals surface area contributed by atoms with Crippen molar-refractivity contribution in [3.05, 3.63) is 0 Å². The number of aliphatic hydroxyl groups is 4. The Labute approximate surface area is 277 Å². The van der Waals surface area contributed by atoms with Gasteiger partial charge in [0.25, 0.3) is 0 Å². The Morgan fingerprint density at radius 3 is 2.20 bits per heavy atom. The molecule has 11 nitrogen and oxygen atoms in total. The van der Waals surface area contributed by atoms with Crippen molar-refractivity contribution in [1.82, 2.24) is 10.2 Å². The van der Waals surface area contributed by atoms with Gasteiger partial charge in [0.2, 0.25) is 0 Å². The Morgan fingerprint density at radius 1 is 0.978 bits per heavy atom. The fraction of sp³-hybridized carbons (Fsp3) is 0.971. The second-order valence-electron chi connectivity index (χ2n) is 15.7. The number of ether oxygens (including phenoxy) is 4. The maximum atomic E-state index is 13.8. The van der Waals surface area contributed by atoms with Crippen molar-refractivity contribution < 1.29 is 44.2 Å². The number of likely N-dealkylation sites (tertiary alicyclic amines) is 1. The van der Waals surface area contributed by atoms with Crippen molar-refractivity contribution in [2.24, 2.45) is 17.8 Å². The Hall–Kier alpha value is -0.890. The number of hydrogen-bond donors (Lipinski definition) is 5. The van der Waals surface area contributed by atoms with Crippen LogP contribution >= 0.6 is 0 Å². The Kier molecular flexibility index (Phi) is 13.6. The SMILES string of the molecule is CCC1OC(=O)C(C)C(O[C@H]2C[C@@](C)(OC)[C@](O)(CN3CCCCC3)[C@H](C)O2)C(C)CC(C)(O)CC(C)CNC(C)C(O)C1(C)O. The summed E-state index contributed by atoms with van der Waals surface area (Å²) < 4.78 is 25.0. The third-order valence-electron chi connectivity index (χ3n) is 11.3. The average molecular weight is 659 g/mol. The zero-order chi connectivity index (χ0) is 34.7. The summed E-state index contributed by atoms with van der Waals surface area (Å²) in [5, 5.41) is 49.5. The molecule has 3 aliphatic heterocycles. The molecule has 0 amide bonds. The molecule has 3 fully saturated rings. The van der Waals surface area contributed by atoms with Crippen molar-refractivity contribution >= 4 is 5.97 Å². The number of carbonyl (C=O) groups excluding carboxylic acids is 1. The third-order valence-corrected chi connectivity index (χ3v) is 11.3. The molecule has 0 bridgehead atoms. The van der Waals surface area contributed by atoms with E-state index in [1.165, 1.54) is 13.3 Å². The number of cyclic esters (lactones) is 1.